The molecule has 0 radical (unpaired) electrons. The number of aromatic nitrogens is 1. The largest absolute Gasteiger partial charge is 0.378 e. The lowest BCUT2D eigenvalue weighted by Gasteiger charge is -2.30. The second-order valence-corrected chi connectivity index (χ2v) is 6.09. The number of nitrogens with zero attached hydrogens (tertiary/aromatic N) is 2. The summed E-state index contributed by atoms with van der Waals surface area (Å²) >= 11 is 6.22. The molecule has 0 atom stereocenters. The Balaban J connectivity index is 1.91. The van der Waals surface area contributed by atoms with Gasteiger partial charge in [0.25, 0.3) is 0 Å². The van der Waals surface area contributed by atoms with E-state index in [1.807, 2.05) is 36.4 Å². The molecule has 1 saturated heterocycles. The first kappa shape index (κ1) is 14.5. The molecule has 0 saturated carbocycles. The molecule has 3 aromatic rings. The summed E-state index contributed by atoms with van der Waals surface area (Å²) in [5, 5.41) is 1.83. The van der Waals surface area contributed by atoms with E-state index in [1.165, 1.54) is 5.69 Å². The molecule has 0 N–H and O–H groups in total. The average Bonchev–Trinajstić information content (AvgIpc) is 2.62. The van der Waals surface area contributed by atoms with E-state index in [4.69, 9.17) is 21.3 Å². The molecule has 0 aliphatic carbocycles. The van der Waals surface area contributed by atoms with E-state index in [-0.39, 0.29) is 0 Å². The van der Waals surface area contributed by atoms with Crippen LogP contribution in [0.5, 0.6) is 0 Å². The van der Waals surface area contributed by atoms with E-state index >= 15 is 0 Å². The van der Waals surface area contributed by atoms with Gasteiger partial charge in [0.05, 0.1) is 24.4 Å². The number of anilines is 1. The SMILES string of the molecule is Clc1ccc2nc(-c3ccccc3)cc(N3CCOCC3)c2c1. The number of ether oxygens (including phenoxy) is 1. The molecule has 4 rings (SSSR count). The van der Waals surface area contributed by atoms with E-state index in [2.05, 4.69) is 23.1 Å². The zero-order valence-electron chi connectivity index (χ0n) is 12.7. The topological polar surface area (TPSA) is 25.4 Å². The summed E-state index contributed by atoms with van der Waals surface area (Å²) in [7, 11) is 0. The van der Waals surface area contributed by atoms with Crippen LogP contribution >= 0.6 is 11.6 Å². The van der Waals surface area contributed by atoms with Gasteiger partial charge in [-0.05, 0) is 24.3 Å². The summed E-state index contributed by atoms with van der Waals surface area (Å²) in [6, 6.07) is 18.3. The van der Waals surface area contributed by atoms with Crippen LogP contribution < -0.4 is 4.90 Å². The number of hydrogen-bond acceptors (Lipinski definition) is 3. The summed E-state index contributed by atoms with van der Waals surface area (Å²) in [5.74, 6) is 0. The van der Waals surface area contributed by atoms with Gasteiger partial charge in [-0.25, -0.2) is 4.98 Å². The summed E-state index contributed by atoms with van der Waals surface area (Å²) < 4.78 is 5.49. The summed E-state index contributed by atoms with van der Waals surface area (Å²) in [5.41, 5.74) is 4.26. The number of fused-ring (bicyclic) bond motifs is 1. The highest BCUT2D eigenvalue weighted by atomic mass is 35.5. The first-order valence-corrected chi connectivity index (χ1v) is 8.17. The first-order chi connectivity index (χ1) is 11.3. The quantitative estimate of drug-likeness (QED) is 0.699. The first-order valence-electron chi connectivity index (χ1n) is 7.80. The molecule has 3 nitrogen and oxygen atoms in total. The van der Waals surface area contributed by atoms with Crippen LogP contribution in [0.1, 0.15) is 0 Å². The maximum absolute atomic E-state index is 6.22. The van der Waals surface area contributed by atoms with Gasteiger partial charge in [0, 0.05) is 34.7 Å². The van der Waals surface area contributed by atoms with Gasteiger partial charge >= 0.3 is 0 Å². The smallest absolute Gasteiger partial charge is 0.0731 e. The Bertz CT molecular complexity index is 829. The predicted octanol–water partition coefficient (Wildman–Crippen LogP) is 4.39. The van der Waals surface area contributed by atoms with Crippen molar-refractivity contribution in [3.05, 3.63) is 59.6 Å². The van der Waals surface area contributed by atoms with Gasteiger partial charge in [-0.15, -0.1) is 0 Å². The number of pyridine rings is 1. The van der Waals surface area contributed by atoms with Crippen molar-refractivity contribution in [1.29, 1.82) is 0 Å². The zero-order chi connectivity index (χ0) is 15.6. The normalized spacial score (nSPS) is 15.1. The standard InChI is InChI=1S/C19H17ClN2O/c20-15-6-7-17-16(12-15)19(22-8-10-23-11-9-22)13-18(21-17)14-4-2-1-3-5-14/h1-7,12-13H,8-11H2. The minimum absolute atomic E-state index is 0.737. The van der Waals surface area contributed by atoms with Gasteiger partial charge in [0.2, 0.25) is 0 Å². The van der Waals surface area contributed by atoms with E-state index < -0.39 is 0 Å². The summed E-state index contributed by atoms with van der Waals surface area (Å²) in [6.45, 7) is 3.29. The fraction of sp³-hybridized carbons (Fsp3) is 0.211. The molecule has 0 bridgehead atoms. The molecule has 1 fully saturated rings. The van der Waals surface area contributed by atoms with Crippen molar-refractivity contribution < 1.29 is 4.74 Å². The maximum atomic E-state index is 6.22. The molecule has 2 aromatic carbocycles. The molecule has 23 heavy (non-hydrogen) atoms. The van der Waals surface area contributed by atoms with Crippen LogP contribution in [0.25, 0.3) is 22.2 Å². The molecule has 0 amide bonds. The lowest BCUT2D eigenvalue weighted by molar-refractivity contribution is 0.123. The second kappa shape index (κ2) is 6.19. The molecule has 116 valence electrons. The maximum Gasteiger partial charge on any atom is 0.0731 e. The van der Waals surface area contributed by atoms with Crippen molar-refractivity contribution in [3.8, 4) is 11.3 Å². The monoisotopic (exact) mass is 324 g/mol. The van der Waals surface area contributed by atoms with E-state index in [9.17, 15) is 0 Å². The van der Waals surface area contributed by atoms with Crippen LogP contribution in [-0.4, -0.2) is 31.3 Å². The fourth-order valence-electron chi connectivity index (χ4n) is 3.00. The van der Waals surface area contributed by atoms with Crippen LogP contribution in [-0.2, 0) is 4.74 Å². The Morgan fingerprint density at radius 3 is 2.52 bits per heavy atom. The predicted molar refractivity (Wildman–Crippen MR) is 95.2 cm³/mol. The van der Waals surface area contributed by atoms with Gasteiger partial charge in [0.15, 0.2) is 0 Å². The van der Waals surface area contributed by atoms with Crippen LogP contribution in [0.2, 0.25) is 5.02 Å². The van der Waals surface area contributed by atoms with Crippen molar-refractivity contribution in [3.63, 3.8) is 0 Å². The highest BCUT2D eigenvalue weighted by Crippen LogP contribution is 2.32. The van der Waals surface area contributed by atoms with Crippen LogP contribution in [0.3, 0.4) is 0 Å². The van der Waals surface area contributed by atoms with Crippen LogP contribution in [0.4, 0.5) is 5.69 Å². The lowest BCUT2D eigenvalue weighted by atomic mass is 10.1. The zero-order valence-corrected chi connectivity index (χ0v) is 13.5. The molecule has 2 heterocycles. The van der Waals surface area contributed by atoms with Gasteiger partial charge in [-0.2, -0.15) is 0 Å². The van der Waals surface area contributed by atoms with Gasteiger partial charge in [-0.3, -0.25) is 0 Å². The average molecular weight is 325 g/mol. The van der Waals surface area contributed by atoms with E-state index in [0.717, 1.165) is 53.5 Å². The third-order valence-electron chi connectivity index (χ3n) is 4.17. The Labute approximate surface area is 140 Å². The highest BCUT2D eigenvalue weighted by molar-refractivity contribution is 6.31. The summed E-state index contributed by atoms with van der Waals surface area (Å²) in [6.07, 6.45) is 0. The van der Waals surface area contributed by atoms with Crippen LogP contribution in [0, 0.1) is 0 Å². The number of halogens is 1. The lowest BCUT2D eigenvalue weighted by Crippen LogP contribution is -2.36. The Morgan fingerprint density at radius 2 is 1.74 bits per heavy atom. The molecule has 4 heteroatoms. The molecule has 1 aromatic heterocycles. The number of morpholine rings is 1. The molecular weight excluding hydrogens is 308 g/mol. The van der Waals surface area contributed by atoms with Crippen LogP contribution in [0.15, 0.2) is 54.6 Å². The minimum Gasteiger partial charge on any atom is -0.378 e. The molecule has 0 spiro atoms. The van der Waals surface area contributed by atoms with Crippen molar-refractivity contribution in [2.24, 2.45) is 0 Å². The Kier molecular flexibility index (Phi) is 3.90. The van der Waals surface area contributed by atoms with Crippen molar-refractivity contribution >= 4 is 28.2 Å². The summed E-state index contributed by atoms with van der Waals surface area (Å²) in [4.78, 5) is 7.18. The third kappa shape index (κ3) is 2.90. The van der Waals surface area contributed by atoms with Crippen molar-refractivity contribution in [2.75, 3.05) is 31.2 Å². The van der Waals surface area contributed by atoms with E-state index in [1.54, 1.807) is 0 Å². The van der Waals surface area contributed by atoms with Gasteiger partial charge in [0.1, 0.15) is 0 Å². The van der Waals surface area contributed by atoms with E-state index in [0.29, 0.717) is 0 Å². The highest BCUT2D eigenvalue weighted by Gasteiger charge is 2.16. The van der Waals surface area contributed by atoms with Gasteiger partial charge in [-0.1, -0.05) is 41.9 Å². The van der Waals surface area contributed by atoms with Crippen molar-refractivity contribution in [1.82, 2.24) is 4.98 Å². The molecule has 1 aliphatic heterocycles. The Morgan fingerprint density at radius 1 is 0.957 bits per heavy atom. The minimum atomic E-state index is 0.737. The van der Waals surface area contributed by atoms with Gasteiger partial charge < -0.3 is 9.64 Å². The molecular formula is C19H17ClN2O. The third-order valence-corrected chi connectivity index (χ3v) is 4.41. The number of rotatable bonds is 2. The fourth-order valence-corrected chi connectivity index (χ4v) is 3.17. The molecule has 0 unspecified atom stereocenters. The number of benzene rings is 2. The van der Waals surface area contributed by atoms with Crippen molar-refractivity contribution in [2.45, 2.75) is 0 Å². The Hall–Kier alpha value is -2.10. The number of hydrogen-bond donors (Lipinski definition) is 0. The second-order valence-electron chi connectivity index (χ2n) is 5.65. The molecule has 1 aliphatic rings.